The maximum absolute atomic E-state index is 15.8. The van der Waals surface area contributed by atoms with Crippen LogP contribution in [0.15, 0.2) is 115 Å². The molecule has 42 heavy (non-hydrogen) atoms. The molecule has 0 aromatic heterocycles. The monoisotopic (exact) mass is 584 g/mol. The van der Waals surface area contributed by atoms with Crippen molar-refractivity contribution >= 4 is 23.7 Å². The van der Waals surface area contributed by atoms with Crippen molar-refractivity contribution in [1.29, 1.82) is 0 Å². The quantitative estimate of drug-likeness (QED) is 0.105. The summed E-state index contributed by atoms with van der Waals surface area (Å²) in [6.45, 7) is 4.01. The number of carbonyl (C=O) groups is 1. The van der Waals surface area contributed by atoms with Gasteiger partial charge in [0.1, 0.15) is 19.0 Å². The van der Waals surface area contributed by atoms with E-state index in [0.29, 0.717) is 18.8 Å². The van der Waals surface area contributed by atoms with Crippen LogP contribution in [0.2, 0.25) is 0 Å². The van der Waals surface area contributed by atoms with Gasteiger partial charge in [0.15, 0.2) is 0 Å². The van der Waals surface area contributed by atoms with Gasteiger partial charge < -0.3 is 18.8 Å². The zero-order chi connectivity index (χ0) is 29.8. The summed E-state index contributed by atoms with van der Waals surface area (Å²) in [6.07, 6.45) is 2.25. The molecule has 0 bridgehead atoms. The first kappa shape index (κ1) is 31.3. The van der Waals surface area contributed by atoms with Crippen molar-refractivity contribution in [2.75, 3.05) is 7.11 Å². The highest BCUT2D eigenvalue weighted by atomic mass is 31.2. The Kier molecular flexibility index (Phi) is 11.6. The lowest BCUT2D eigenvalue weighted by atomic mass is 9.99. The predicted molar refractivity (Wildman–Crippen MR) is 170 cm³/mol. The Labute approximate surface area is 250 Å². The number of carbonyl (C=O) groups excluding carboxylic acids is 1. The van der Waals surface area contributed by atoms with Crippen LogP contribution in [0.5, 0.6) is 5.75 Å². The van der Waals surface area contributed by atoms with Gasteiger partial charge in [-0.25, -0.2) is 0 Å². The molecule has 0 spiro atoms. The molecule has 0 radical (unpaired) electrons. The van der Waals surface area contributed by atoms with E-state index in [2.05, 4.69) is 6.92 Å². The fourth-order valence-electron chi connectivity index (χ4n) is 5.39. The van der Waals surface area contributed by atoms with Crippen LogP contribution < -0.4 is 15.3 Å². The summed E-state index contributed by atoms with van der Waals surface area (Å²) in [5.74, 6) is 0.266. The smallest absolute Gasteiger partial charge is 0.303 e. The number of benzene rings is 4. The summed E-state index contributed by atoms with van der Waals surface area (Å²) in [6, 6.07) is 36.8. The van der Waals surface area contributed by atoms with Crippen molar-refractivity contribution in [2.45, 2.75) is 64.0 Å². The minimum Gasteiger partial charge on any atom is -0.497 e. The first-order valence-corrected chi connectivity index (χ1v) is 16.4. The second-order valence-electron chi connectivity index (χ2n) is 10.5. The summed E-state index contributed by atoms with van der Waals surface area (Å²) < 4.78 is 33.9. The molecule has 0 heterocycles. The number of hydrogen-bond donors (Lipinski definition) is 0. The summed E-state index contributed by atoms with van der Waals surface area (Å²) in [5, 5.41) is 1.45. The molecule has 4 aromatic carbocycles. The number of unbranched alkanes of at least 4 members (excludes halogenated alkanes) is 1. The van der Waals surface area contributed by atoms with E-state index in [9.17, 15) is 4.79 Å². The molecular formula is C36H41O5P. The molecule has 5 nitrogen and oxygen atoms in total. The second-order valence-corrected chi connectivity index (χ2v) is 13.5. The molecule has 6 heteroatoms. The van der Waals surface area contributed by atoms with Crippen molar-refractivity contribution < 1.29 is 23.6 Å². The van der Waals surface area contributed by atoms with Gasteiger partial charge in [0.05, 0.1) is 25.5 Å². The third kappa shape index (κ3) is 8.00. The van der Waals surface area contributed by atoms with Gasteiger partial charge in [-0.15, -0.1) is 0 Å². The first-order chi connectivity index (χ1) is 20.5. The fourth-order valence-corrected chi connectivity index (χ4v) is 8.83. The third-order valence-corrected chi connectivity index (χ3v) is 11.1. The molecule has 0 amide bonds. The van der Waals surface area contributed by atoms with Crippen molar-refractivity contribution in [2.24, 2.45) is 0 Å². The van der Waals surface area contributed by atoms with Crippen LogP contribution in [0.4, 0.5) is 0 Å². The Balaban J connectivity index is 1.86. The van der Waals surface area contributed by atoms with Gasteiger partial charge in [0.2, 0.25) is 0 Å². The standard InChI is InChI=1S/C36H41O5P/c1-4-5-17-32(40-27-29-15-9-6-10-16-29)26-35(36(41-28(2)37)30-22-24-31(39-3)25-23-30)42(38,33-18-11-7-12-19-33)34-20-13-8-14-21-34/h6-16,18-25,32,35-36H,4-5,17,26-27H2,1-3H3/t32-,35-,36+/m1/s1. The number of ether oxygens (including phenoxy) is 3. The van der Waals surface area contributed by atoms with Crippen molar-refractivity contribution in [3.05, 3.63) is 126 Å². The lowest BCUT2D eigenvalue weighted by Gasteiger charge is -2.36. The molecule has 0 aliphatic rings. The SMILES string of the molecule is CCCC[C@H](C[C@H]([C@@H](OC(C)=O)c1ccc(OC)cc1)P(=O)(c1ccccc1)c1ccccc1)OCc1ccccc1. The third-order valence-electron chi connectivity index (χ3n) is 7.55. The molecule has 0 saturated heterocycles. The molecule has 0 fully saturated rings. The molecule has 3 atom stereocenters. The summed E-state index contributed by atoms with van der Waals surface area (Å²) in [7, 11) is -1.79. The van der Waals surface area contributed by atoms with Gasteiger partial charge >= 0.3 is 5.97 Å². The van der Waals surface area contributed by atoms with Gasteiger partial charge in [-0.1, -0.05) is 123 Å². The summed E-state index contributed by atoms with van der Waals surface area (Å²) in [5.41, 5.74) is 1.26. The molecular weight excluding hydrogens is 543 g/mol. The van der Waals surface area contributed by atoms with E-state index in [-0.39, 0.29) is 6.10 Å². The normalized spacial score (nSPS) is 13.6. The largest absolute Gasteiger partial charge is 0.497 e. The average Bonchev–Trinajstić information content (AvgIpc) is 3.04. The van der Waals surface area contributed by atoms with E-state index in [1.807, 2.05) is 115 Å². The van der Waals surface area contributed by atoms with Crippen molar-refractivity contribution in [3.8, 4) is 5.75 Å². The van der Waals surface area contributed by atoms with E-state index in [0.717, 1.165) is 41.0 Å². The zero-order valence-electron chi connectivity index (χ0n) is 24.7. The molecule has 0 aliphatic carbocycles. The second kappa shape index (κ2) is 15.5. The molecule has 0 unspecified atom stereocenters. The number of esters is 1. The molecule has 0 saturated carbocycles. The van der Waals surface area contributed by atoms with Crippen LogP contribution >= 0.6 is 7.14 Å². The molecule has 0 N–H and O–H groups in total. The van der Waals surface area contributed by atoms with Gasteiger partial charge in [0, 0.05) is 17.5 Å². The maximum Gasteiger partial charge on any atom is 0.303 e. The van der Waals surface area contributed by atoms with E-state index in [4.69, 9.17) is 14.2 Å². The Hall–Kier alpha value is -3.66. The van der Waals surface area contributed by atoms with Crippen LogP contribution in [0, 0.1) is 0 Å². The lowest BCUT2D eigenvalue weighted by molar-refractivity contribution is -0.147. The highest BCUT2D eigenvalue weighted by Gasteiger charge is 2.45. The van der Waals surface area contributed by atoms with Crippen molar-refractivity contribution in [1.82, 2.24) is 0 Å². The highest BCUT2D eigenvalue weighted by Crippen LogP contribution is 2.56. The summed E-state index contributed by atoms with van der Waals surface area (Å²) >= 11 is 0. The first-order valence-electron chi connectivity index (χ1n) is 14.6. The van der Waals surface area contributed by atoms with Gasteiger partial charge in [0.25, 0.3) is 0 Å². The van der Waals surface area contributed by atoms with Crippen molar-refractivity contribution in [3.63, 3.8) is 0 Å². The van der Waals surface area contributed by atoms with E-state index >= 15 is 4.57 Å². The van der Waals surface area contributed by atoms with E-state index in [1.165, 1.54) is 6.92 Å². The number of hydrogen-bond acceptors (Lipinski definition) is 5. The zero-order valence-corrected chi connectivity index (χ0v) is 25.6. The van der Waals surface area contributed by atoms with Gasteiger partial charge in [-0.3, -0.25) is 4.79 Å². The Bertz CT molecular complexity index is 1360. The van der Waals surface area contributed by atoms with Crippen LogP contribution in [-0.2, 0) is 25.4 Å². The molecule has 4 rings (SSSR count). The number of rotatable bonds is 15. The fraction of sp³-hybridized carbons (Fsp3) is 0.306. The Morgan fingerprint density at radius 2 is 1.33 bits per heavy atom. The van der Waals surface area contributed by atoms with Gasteiger partial charge in [-0.05, 0) is 36.1 Å². The highest BCUT2D eigenvalue weighted by molar-refractivity contribution is 7.79. The van der Waals surface area contributed by atoms with Crippen LogP contribution in [0.1, 0.15) is 56.8 Å². The maximum atomic E-state index is 15.8. The average molecular weight is 585 g/mol. The molecule has 4 aromatic rings. The Morgan fingerprint density at radius 1 is 0.786 bits per heavy atom. The van der Waals surface area contributed by atoms with Crippen LogP contribution in [-0.4, -0.2) is 24.8 Å². The van der Waals surface area contributed by atoms with E-state index in [1.54, 1.807) is 7.11 Å². The minimum atomic E-state index is -3.40. The minimum absolute atomic E-state index is 0.202. The van der Waals surface area contributed by atoms with Gasteiger partial charge in [-0.2, -0.15) is 0 Å². The predicted octanol–water partition coefficient (Wildman–Crippen LogP) is 7.85. The molecule has 0 aliphatic heterocycles. The van der Waals surface area contributed by atoms with E-state index < -0.39 is 24.9 Å². The van der Waals surface area contributed by atoms with Crippen LogP contribution in [0.25, 0.3) is 0 Å². The molecule has 220 valence electrons. The topological polar surface area (TPSA) is 61.8 Å². The van der Waals surface area contributed by atoms with Crippen LogP contribution in [0.3, 0.4) is 0 Å². The lowest BCUT2D eigenvalue weighted by Crippen LogP contribution is -2.35. The summed E-state index contributed by atoms with van der Waals surface area (Å²) in [4.78, 5) is 12.7. The Morgan fingerprint density at radius 3 is 1.83 bits per heavy atom. The number of methoxy groups -OCH3 is 1.